The molecule has 3 nitrogen and oxygen atoms in total. The summed E-state index contributed by atoms with van der Waals surface area (Å²) in [6.07, 6.45) is 0. The average Bonchev–Trinajstić information content (AvgIpc) is 2.73. The molecular weight excluding hydrogens is 278 g/mol. The number of sulfone groups is 1. The first-order valence-corrected chi connectivity index (χ1v) is 7.75. The minimum absolute atomic E-state index is 0.0171. The van der Waals surface area contributed by atoms with Gasteiger partial charge in [0.1, 0.15) is 0 Å². The second-order valence-electron chi connectivity index (χ2n) is 3.57. The van der Waals surface area contributed by atoms with Crippen LogP contribution in [0.3, 0.4) is 0 Å². The molecule has 0 atom stereocenters. The van der Waals surface area contributed by atoms with Crippen LogP contribution in [0.5, 0.6) is 0 Å². The number of hydrogen-bond acceptors (Lipinski definition) is 4. The third kappa shape index (κ3) is 2.80. The van der Waals surface area contributed by atoms with E-state index in [0.29, 0.717) is 5.69 Å². The van der Waals surface area contributed by atoms with Crippen LogP contribution in [-0.4, -0.2) is 8.42 Å². The number of nitrogen functional groups attached to an aromatic ring is 1. The number of halogens is 1. The first-order chi connectivity index (χ1) is 7.99. The highest BCUT2D eigenvalue weighted by Crippen LogP contribution is 2.25. The van der Waals surface area contributed by atoms with Crippen molar-refractivity contribution in [3.8, 4) is 0 Å². The molecule has 2 N–H and O–H groups in total. The number of benzene rings is 1. The van der Waals surface area contributed by atoms with Crippen LogP contribution in [0.25, 0.3) is 0 Å². The van der Waals surface area contributed by atoms with Crippen molar-refractivity contribution >= 4 is 38.5 Å². The van der Waals surface area contributed by atoms with Crippen LogP contribution in [0.4, 0.5) is 5.69 Å². The summed E-state index contributed by atoms with van der Waals surface area (Å²) in [5.74, 6) is -0.0171. The zero-order valence-electron chi connectivity index (χ0n) is 8.76. The summed E-state index contributed by atoms with van der Waals surface area (Å²) >= 11 is 7.28. The van der Waals surface area contributed by atoms with Gasteiger partial charge in [-0.05, 0) is 40.6 Å². The predicted octanol–water partition coefficient (Wildman–Crippen LogP) is 2.96. The van der Waals surface area contributed by atoms with Crippen molar-refractivity contribution in [1.82, 2.24) is 0 Å². The van der Waals surface area contributed by atoms with Crippen molar-refractivity contribution < 1.29 is 8.42 Å². The van der Waals surface area contributed by atoms with Crippen molar-refractivity contribution in [2.45, 2.75) is 10.6 Å². The first kappa shape index (κ1) is 12.4. The van der Waals surface area contributed by atoms with Gasteiger partial charge in [-0.1, -0.05) is 11.6 Å². The zero-order chi connectivity index (χ0) is 12.5. The second-order valence-corrected chi connectivity index (χ2v) is 6.75. The Morgan fingerprint density at radius 2 is 2.06 bits per heavy atom. The Kier molecular flexibility index (Phi) is 3.42. The fourth-order valence-corrected chi connectivity index (χ4v) is 3.76. The van der Waals surface area contributed by atoms with Gasteiger partial charge in [0.25, 0.3) is 0 Å². The van der Waals surface area contributed by atoms with Gasteiger partial charge in [0, 0.05) is 0 Å². The lowest BCUT2D eigenvalue weighted by molar-refractivity contribution is 0.595. The molecule has 90 valence electrons. The highest BCUT2D eigenvalue weighted by atomic mass is 35.5. The fraction of sp³-hybridized carbons (Fsp3) is 0.0909. The van der Waals surface area contributed by atoms with E-state index < -0.39 is 9.84 Å². The maximum atomic E-state index is 12.1. The second kappa shape index (κ2) is 4.68. The van der Waals surface area contributed by atoms with Gasteiger partial charge in [0.2, 0.25) is 0 Å². The summed E-state index contributed by atoms with van der Waals surface area (Å²) < 4.78 is 24.1. The van der Waals surface area contributed by atoms with Gasteiger partial charge in [0.05, 0.1) is 21.4 Å². The summed E-state index contributed by atoms with van der Waals surface area (Å²) in [4.78, 5) is 0.197. The largest absolute Gasteiger partial charge is 0.398 e. The van der Waals surface area contributed by atoms with E-state index in [0.717, 1.165) is 5.56 Å². The van der Waals surface area contributed by atoms with Crippen molar-refractivity contribution in [2.75, 3.05) is 5.73 Å². The number of nitrogens with two attached hydrogens (primary N) is 1. The lowest BCUT2D eigenvalue weighted by Gasteiger charge is -2.05. The van der Waals surface area contributed by atoms with Crippen LogP contribution in [0.2, 0.25) is 5.02 Å². The van der Waals surface area contributed by atoms with Gasteiger partial charge < -0.3 is 5.73 Å². The van der Waals surface area contributed by atoms with E-state index in [1.807, 2.05) is 10.8 Å². The van der Waals surface area contributed by atoms with Gasteiger partial charge >= 0.3 is 0 Å². The third-order valence-electron chi connectivity index (χ3n) is 2.27. The van der Waals surface area contributed by atoms with Crippen molar-refractivity contribution in [3.63, 3.8) is 0 Å². The Balaban J connectivity index is 2.35. The maximum absolute atomic E-state index is 12.1. The molecule has 0 bridgehead atoms. The van der Waals surface area contributed by atoms with Crippen LogP contribution in [-0.2, 0) is 15.6 Å². The van der Waals surface area contributed by atoms with Crippen LogP contribution in [0, 0.1) is 0 Å². The molecule has 0 aliphatic heterocycles. The standard InChI is InChI=1S/C11H10ClNO2S2/c12-10-5-9(1-2-11(10)13)17(14,15)7-8-3-4-16-6-8/h1-6H,7,13H2. The fourth-order valence-electron chi connectivity index (χ4n) is 1.38. The molecule has 17 heavy (non-hydrogen) atoms. The topological polar surface area (TPSA) is 60.2 Å². The molecule has 0 amide bonds. The average molecular weight is 288 g/mol. The van der Waals surface area contributed by atoms with E-state index in [-0.39, 0.29) is 15.7 Å². The molecule has 0 spiro atoms. The van der Waals surface area contributed by atoms with Gasteiger partial charge in [-0.2, -0.15) is 11.3 Å². The Morgan fingerprint density at radius 3 is 2.65 bits per heavy atom. The molecule has 1 aromatic carbocycles. The highest BCUT2D eigenvalue weighted by Gasteiger charge is 2.16. The van der Waals surface area contributed by atoms with E-state index in [1.54, 1.807) is 6.07 Å². The predicted molar refractivity (Wildman–Crippen MR) is 71.1 cm³/mol. The van der Waals surface area contributed by atoms with Crippen LogP contribution in [0.15, 0.2) is 39.9 Å². The van der Waals surface area contributed by atoms with Crippen molar-refractivity contribution in [3.05, 3.63) is 45.6 Å². The molecular formula is C11H10ClNO2S2. The lowest BCUT2D eigenvalue weighted by atomic mass is 10.3. The molecule has 1 heterocycles. The highest BCUT2D eigenvalue weighted by molar-refractivity contribution is 7.90. The smallest absolute Gasteiger partial charge is 0.182 e. The van der Waals surface area contributed by atoms with E-state index in [9.17, 15) is 8.42 Å². The SMILES string of the molecule is Nc1ccc(S(=O)(=O)Cc2ccsc2)cc1Cl. The summed E-state index contributed by atoms with van der Waals surface area (Å²) in [6.45, 7) is 0. The lowest BCUT2D eigenvalue weighted by Crippen LogP contribution is -2.04. The van der Waals surface area contributed by atoms with Crippen LogP contribution < -0.4 is 5.73 Å². The minimum Gasteiger partial charge on any atom is -0.398 e. The quantitative estimate of drug-likeness (QED) is 0.883. The summed E-state index contributed by atoms with van der Waals surface area (Å²) in [5.41, 5.74) is 6.70. The summed E-state index contributed by atoms with van der Waals surface area (Å²) in [6, 6.07) is 6.16. The Hall–Kier alpha value is -1.04. The number of thiophene rings is 1. The Labute approximate surface area is 109 Å². The van der Waals surface area contributed by atoms with Gasteiger partial charge in [-0.3, -0.25) is 0 Å². The number of anilines is 1. The molecule has 0 aliphatic carbocycles. The van der Waals surface area contributed by atoms with Crippen LogP contribution >= 0.6 is 22.9 Å². The molecule has 0 saturated heterocycles. The molecule has 0 aliphatic rings. The number of rotatable bonds is 3. The van der Waals surface area contributed by atoms with Gasteiger partial charge in [0.15, 0.2) is 9.84 Å². The molecule has 2 aromatic rings. The molecule has 0 unspecified atom stereocenters. The molecule has 0 saturated carbocycles. The number of hydrogen-bond donors (Lipinski definition) is 1. The molecule has 2 rings (SSSR count). The van der Waals surface area contributed by atoms with Gasteiger partial charge in [-0.15, -0.1) is 0 Å². The van der Waals surface area contributed by atoms with Crippen molar-refractivity contribution in [2.24, 2.45) is 0 Å². The van der Waals surface area contributed by atoms with E-state index in [4.69, 9.17) is 17.3 Å². The molecule has 0 radical (unpaired) electrons. The Bertz CT molecular complexity index is 621. The Morgan fingerprint density at radius 1 is 1.29 bits per heavy atom. The van der Waals surface area contributed by atoms with Crippen LogP contribution in [0.1, 0.15) is 5.56 Å². The van der Waals surface area contributed by atoms with E-state index >= 15 is 0 Å². The third-order valence-corrected chi connectivity index (χ3v) is 5.01. The zero-order valence-corrected chi connectivity index (χ0v) is 11.1. The normalized spacial score (nSPS) is 11.6. The van der Waals surface area contributed by atoms with Gasteiger partial charge in [-0.25, -0.2) is 8.42 Å². The first-order valence-electron chi connectivity index (χ1n) is 4.78. The summed E-state index contributed by atoms with van der Waals surface area (Å²) in [7, 11) is -3.36. The molecule has 1 aromatic heterocycles. The minimum atomic E-state index is -3.36. The maximum Gasteiger partial charge on any atom is 0.182 e. The molecule has 0 fully saturated rings. The van der Waals surface area contributed by atoms with E-state index in [1.165, 1.54) is 29.5 Å². The van der Waals surface area contributed by atoms with Crippen molar-refractivity contribution in [1.29, 1.82) is 0 Å². The summed E-state index contributed by atoms with van der Waals surface area (Å²) in [5, 5.41) is 3.92. The monoisotopic (exact) mass is 287 g/mol. The molecule has 6 heteroatoms. The van der Waals surface area contributed by atoms with E-state index in [2.05, 4.69) is 0 Å².